The van der Waals surface area contributed by atoms with Gasteiger partial charge in [0.2, 0.25) is 5.91 Å². The smallest absolute Gasteiger partial charge is 0.323 e. The summed E-state index contributed by atoms with van der Waals surface area (Å²) in [5.41, 5.74) is 7.31. The van der Waals surface area contributed by atoms with E-state index in [2.05, 4.69) is 15.3 Å². The highest BCUT2D eigenvalue weighted by molar-refractivity contribution is 5.78. The van der Waals surface area contributed by atoms with Gasteiger partial charge in [0.1, 0.15) is 0 Å². The highest BCUT2D eigenvalue weighted by atomic mass is 16.2. The molecular formula is C10H12N4O2. The van der Waals surface area contributed by atoms with E-state index in [0.29, 0.717) is 6.54 Å². The van der Waals surface area contributed by atoms with Crippen molar-refractivity contribution >= 4 is 16.9 Å². The number of aromatic amines is 2. The van der Waals surface area contributed by atoms with Crippen LogP contribution in [0.5, 0.6) is 0 Å². The van der Waals surface area contributed by atoms with Crippen LogP contribution in [0, 0.1) is 0 Å². The van der Waals surface area contributed by atoms with Gasteiger partial charge in [-0.1, -0.05) is 6.07 Å². The monoisotopic (exact) mass is 220 g/mol. The molecule has 0 aliphatic carbocycles. The van der Waals surface area contributed by atoms with Crippen molar-refractivity contribution in [2.75, 3.05) is 6.54 Å². The first-order valence-corrected chi connectivity index (χ1v) is 4.87. The van der Waals surface area contributed by atoms with E-state index in [1.165, 1.54) is 0 Å². The Kier molecular flexibility index (Phi) is 2.74. The minimum atomic E-state index is -0.238. The fourth-order valence-corrected chi connectivity index (χ4v) is 1.46. The Morgan fingerprint density at radius 1 is 1.31 bits per heavy atom. The van der Waals surface area contributed by atoms with E-state index in [4.69, 9.17) is 5.73 Å². The third-order valence-corrected chi connectivity index (χ3v) is 2.26. The second kappa shape index (κ2) is 4.19. The second-order valence-electron chi connectivity index (χ2n) is 3.44. The quantitative estimate of drug-likeness (QED) is 0.557. The molecule has 5 N–H and O–H groups in total. The predicted molar refractivity (Wildman–Crippen MR) is 59.8 cm³/mol. The van der Waals surface area contributed by atoms with Crippen LogP contribution in [0.3, 0.4) is 0 Å². The zero-order chi connectivity index (χ0) is 11.5. The number of fused-ring (bicyclic) bond motifs is 1. The van der Waals surface area contributed by atoms with Gasteiger partial charge in [0.05, 0.1) is 17.6 Å². The van der Waals surface area contributed by atoms with Gasteiger partial charge in [-0.2, -0.15) is 0 Å². The molecule has 84 valence electrons. The van der Waals surface area contributed by atoms with Crippen LogP contribution in [0.4, 0.5) is 0 Å². The largest absolute Gasteiger partial charge is 0.351 e. The summed E-state index contributed by atoms with van der Waals surface area (Å²) in [5, 5.41) is 2.65. The van der Waals surface area contributed by atoms with Crippen molar-refractivity contribution in [1.29, 1.82) is 0 Å². The van der Waals surface area contributed by atoms with E-state index in [1.807, 2.05) is 12.1 Å². The van der Waals surface area contributed by atoms with Gasteiger partial charge in [-0.05, 0) is 17.7 Å². The molecule has 0 aliphatic rings. The standard InChI is InChI=1S/C10H12N4O2/c11-4-9(15)12-5-6-1-2-7-8(3-6)14-10(16)13-7/h1-3H,4-5,11H2,(H,12,15)(H2,13,14,16). The van der Waals surface area contributed by atoms with E-state index in [-0.39, 0.29) is 18.1 Å². The number of hydrogen-bond donors (Lipinski definition) is 4. The van der Waals surface area contributed by atoms with E-state index >= 15 is 0 Å². The number of carbonyl (C=O) groups is 1. The molecule has 1 amide bonds. The fraction of sp³-hybridized carbons (Fsp3) is 0.200. The summed E-state index contributed by atoms with van der Waals surface area (Å²) < 4.78 is 0. The lowest BCUT2D eigenvalue weighted by molar-refractivity contribution is -0.119. The maximum Gasteiger partial charge on any atom is 0.323 e. The summed E-state index contributed by atoms with van der Waals surface area (Å²) in [7, 11) is 0. The molecule has 16 heavy (non-hydrogen) atoms. The molecule has 6 heteroatoms. The summed E-state index contributed by atoms with van der Waals surface area (Å²) in [6, 6.07) is 5.43. The first-order valence-electron chi connectivity index (χ1n) is 4.87. The van der Waals surface area contributed by atoms with E-state index in [0.717, 1.165) is 16.6 Å². The van der Waals surface area contributed by atoms with Gasteiger partial charge in [-0.15, -0.1) is 0 Å². The molecule has 6 nitrogen and oxygen atoms in total. The molecule has 2 aromatic rings. The third-order valence-electron chi connectivity index (χ3n) is 2.26. The highest BCUT2D eigenvalue weighted by Crippen LogP contribution is 2.09. The zero-order valence-electron chi connectivity index (χ0n) is 8.54. The summed E-state index contributed by atoms with van der Waals surface area (Å²) in [6.45, 7) is 0.377. The van der Waals surface area contributed by atoms with Gasteiger partial charge >= 0.3 is 5.69 Å². The number of hydrogen-bond acceptors (Lipinski definition) is 3. The number of carbonyl (C=O) groups excluding carboxylic acids is 1. The number of aromatic nitrogens is 2. The number of nitrogens with one attached hydrogen (secondary N) is 3. The molecule has 0 saturated heterocycles. The fourth-order valence-electron chi connectivity index (χ4n) is 1.46. The van der Waals surface area contributed by atoms with Crippen molar-refractivity contribution < 1.29 is 4.79 Å². The Balaban J connectivity index is 2.19. The van der Waals surface area contributed by atoms with Gasteiger partial charge in [-0.25, -0.2) is 4.79 Å². The van der Waals surface area contributed by atoms with Crippen LogP contribution >= 0.6 is 0 Å². The van der Waals surface area contributed by atoms with Crippen LogP contribution in [0.2, 0.25) is 0 Å². The van der Waals surface area contributed by atoms with Crippen LogP contribution < -0.4 is 16.7 Å². The SMILES string of the molecule is NCC(=O)NCc1ccc2[nH]c(=O)[nH]c2c1. The van der Waals surface area contributed by atoms with Gasteiger partial charge in [-0.3, -0.25) is 4.79 Å². The molecule has 0 bridgehead atoms. The van der Waals surface area contributed by atoms with E-state index < -0.39 is 0 Å². The number of amides is 1. The van der Waals surface area contributed by atoms with Crippen LogP contribution in [-0.2, 0) is 11.3 Å². The Labute approximate surface area is 90.8 Å². The van der Waals surface area contributed by atoms with E-state index in [9.17, 15) is 9.59 Å². The molecule has 0 fully saturated rings. The average Bonchev–Trinajstić information content (AvgIpc) is 2.65. The van der Waals surface area contributed by atoms with Crippen LogP contribution in [-0.4, -0.2) is 22.4 Å². The Hall–Kier alpha value is -2.08. The number of H-pyrrole nitrogens is 2. The predicted octanol–water partition coefficient (Wildman–Crippen LogP) is -0.569. The molecule has 0 spiro atoms. The maximum atomic E-state index is 11.0. The lowest BCUT2D eigenvalue weighted by atomic mass is 10.2. The lowest BCUT2D eigenvalue weighted by Crippen LogP contribution is -2.29. The van der Waals surface area contributed by atoms with Gasteiger partial charge in [0.15, 0.2) is 0 Å². The van der Waals surface area contributed by atoms with Crippen molar-refractivity contribution in [2.45, 2.75) is 6.54 Å². The summed E-state index contributed by atoms with van der Waals surface area (Å²) >= 11 is 0. The maximum absolute atomic E-state index is 11.0. The molecule has 2 rings (SSSR count). The topological polar surface area (TPSA) is 104 Å². The van der Waals surface area contributed by atoms with Gasteiger partial charge in [0.25, 0.3) is 0 Å². The van der Waals surface area contributed by atoms with Crippen molar-refractivity contribution in [3.8, 4) is 0 Å². The molecule has 0 unspecified atom stereocenters. The Morgan fingerprint density at radius 3 is 2.81 bits per heavy atom. The van der Waals surface area contributed by atoms with Gasteiger partial charge < -0.3 is 21.0 Å². The summed E-state index contributed by atoms with van der Waals surface area (Å²) in [5.74, 6) is -0.206. The summed E-state index contributed by atoms with van der Waals surface area (Å²) in [6.07, 6.45) is 0. The molecule has 1 aromatic carbocycles. The number of rotatable bonds is 3. The number of nitrogens with two attached hydrogens (primary N) is 1. The first kappa shape index (κ1) is 10.4. The molecule has 1 heterocycles. The third kappa shape index (κ3) is 2.12. The normalized spacial score (nSPS) is 10.6. The second-order valence-corrected chi connectivity index (χ2v) is 3.44. The van der Waals surface area contributed by atoms with Crippen LogP contribution in [0.15, 0.2) is 23.0 Å². The Bertz CT molecular complexity index is 569. The molecule has 1 aromatic heterocycles. The van der Waals surface area contributed by atoms with E-state index in [1.54, 1.807) is 6.07 Å². The zero-order valence-corrected chi connectivity index (χ0v) is 8.54. The molecule has 0 saturated carbocycles. The number of imidazole rings is 1. The highest BCUT2D eigenvalue weighted by Gasteiger charge is 2.01. The molecule has 0 atom stereocenters. The minimum Gasteiger partial charge on any atom is -0.351 e. The molecular weight excluding hydrogens is 208 g/mol. The average molecular weight is 220 g/mol. The Morgan fingerprint density at radius 2 is 2.06 bits per heavy atom. The van der Waals surface area contributed by atoms with Gasteiger partial charge in [0, 0.05) is 6.54 Å². The van der Waals surface area contributed by atoms with Crippen molar-refractivity contribution in [3.63, 3.8) is 0 Å². The van der Waals surface area contributed by atoms with Crippen molar-refractivity contribution in [1.82, 2.24) is 15.3 Å². The summed E-state index contributed by atoms with van der Waals surface area (Å²) in [4.78, 5) is 27.3. The first-order chi connectivity index (χ1) is 7.69. The van der Waals surface area contributed by atoms with Crippen molar-refractivity contribution in [2.24, 2.45) is 5.73 Å². The number of benzene rings is 1. The van der Waals surface area contributed by atoms with Crippen molar-refractivity contribution in [3.05, 3.63) is 34.2 Å². The molecule has 0 radical (unpaired) electrons. The van der Waals surface area contributed by atoms with Crippen LogP contribution in [0.1, 0.15) is 5.56 Å². The van der Waals surface area contributed by atoms with Crippen LogP contribution in [0.25, 0.3) is 11.0 Å². The molecule has 0 aliphatic heterocycles. The minimum absolute atomic E-state index is 0.0246. The lowest BCUT2D eigenvalue weighted by Gasteiger charge is -2.03.